The van der Waals surface area contributed by atoms with Crippen LogP contribution in [0.2, 0.25) is 0 Å². The SMILES string of the molecule is O=C(c1ccc(S(=O)(=O)NCc2ccco2)cc1)N1CCN([C@@H]2CCS(=O)(=O)C2)CC1. The van der Waals surface area contributed by atoms with Crippen molar-refractivity contribution in [1.82, 2.24) is 14.5 Å². The fourth-order valence-corrected chi connectivity index (χ4v) is 6.73. The van der Waals surface area contributed by atoms with Gasteiger partial charge >= 0.3 is 0 Å². The van der Waals surface area contributed by atoms with Crippen molar-refractivity contribution in [3.05, 3.63) is 54.0 Å². The van der Waals surface area contributed by atoms with E-state index in [-0.39, 0.29) is 34.9 Å². The van der Waals surface area contributed by atoms with E-state index in [1.165, 1.54) is 30.5 Å². The molecule has 0 spiro atoms. The molecule has 2 fully saturated rings. The van der Waals surface area contributed by atoms with Crippen LogP contribution in [0, 0.1) is 0 Å². The summed E-state index contributed by atoms with van der Waals surface area (Å²) in [6, 6.07) is 9.25. The molecule has 0 saturated carbocycles. The Morgan fingerprint density at radius 3 is 2.39 bits per heavy atom. The predicted molar refractivity (Wildman–Crippen MR) is 114 cm³/mol. The van der Waals surface area contributed by atoms with Crippen LogP contribution in [-0.2, 0) is 26.4 Å². The second-order valence-electron chi connectivity index (χ2n) is 7.81. The molecule has 0 bridgehead atoms. The van der Waals surface area contributed by atoms with Crippen molar-refractivity contribution >= 4 is 25.8 Å². The van der Waals surface area contributed by atoms with Crippen molar-refractivity contribution in [2.45, 2.75) is 23.9 Å². The Bertz CT molecular complexity index is 1120. The van der Waals surface area contributed by atoms with Crippen LogP contribution >= 0.6 is 0 Å². The highest BCUT2D eigenvalue weighted by Gasteiger charge is 2.34. The van der Waals surface area contributed by atoms with Gasteiger partial charge in [-0.3, -0.25) is 9.69 Å². The third kappa shape index (κ3) is 5.17. The van der Waals surface area contributed by atoms with Crippen molar-refractivity contribution in [3.8, 4) is 0 Å². The fraction of sp³-hybridized carbons (Fsp3) is 0.450. The number of carbonyl (C=O) groups excluding carboxylic acids is 1. The summed E-state index contributed by atoms with van der Waals surface area (Å²) < 4.78 is 55.8. The van der Waals surface area contributed by atoms with Gasteiger partial charge in [0.15, 0.2) is 9.84 Å². The van der Waals surface area contributed by atoms with E-state index in [1.807, 2.05) is 0 Å². The number of piperazine rings is 1. The Morgan fingerprint density at radius 1 is 1.10 bits per heavy atom. The van der Waals surface area contributed by atoms with Gasteiger partial charge in [0.05, 0.1) is 29.2 Å². The summed E-state index contributed by atoms with van der Waals surface area (Å²) in [6.07, 6.45) is 2.12. The van der Waals surface area contributed by atoms with Crippen LogP contribution in [0.15, 0.2) is 52.0 Å². The van der Waals surface area contributed by atoms with Gasteiger partial charge < -0.3 is 9.32 Å². The van der Waals surface area contributed by atoms with Crippen molar-refractivity contribution < 1.29 is 26.0 Å². The molecule has 0 radical (unpaired) electrons. The lowest BCUT2D eigenvalue weighted by atomic mass is 10.1. The molecule has 11 heteroatoms. The summed E-state index contributed by atoms with van der Waals surface area (Å²) in [5, 5.41) is 0. The van der Waals surface area contributed by atoms with Crippen LogP contribution in [0.1, 0.15) is 22.5 Å². The summed E-state index contributed by atoms with van der Waals surface area (Å²) in [6.45, 7) is 2.34. The molecular weight excluding hydrogens is 442 g/mol. The molecule has 1 aromatic carbocycles. The maximum atomic E-state index is 12.8. The number of amides is 1. The van der Waals surface area contributed by atoms with E-state index in [0.29, 0.717) is 43.9 Å². The molecule has 1 atom stereocenters. The second kappa shape index (κ2) is 8.73. The van der Waals surface area contributed by atoms with Gasteiger partial charge in [-0.1, -0.05) is 0 Å². The van der Waals surface area contributed by atoms with Crippen molar-refractivity contribution in [2.24, 2.45) is 0 Å². The topological polar surface area (TPSA) is 117 Å². The number of hydrogen-bond donors (Lipinski definition) is 1. The van der Waals surface area contributed by atoms with E-state index in [9.17, 15) is 21.6 Å². The number of rotatable bonds is 6. The molecule has 3 heterocycles. The van der Waals surface area contributed by atoms with E-state index in [0.717, 1.165) is 0 Å². The average molecular weight is 468 g/mol. The largest absolute Gasteiger partial charge is 0.468 e. The monoisotopic (exact) mass is 467 g/mol. The summed E-state index contributed by atoms with van der Waals surface area (Å²) in [5.74, 6) is 0.781. The first-order chi connectivity index (χ1) is 14.7. The molecule has 2 saturated heterocycles. The van der Waals surface area contributed by atoms with E-state index in [2.05, 4.69) is 9.62 Å². The average Bonchev–Trinajstić information content (AvgIpc) is 3.41. The highest BCUT2D eigenvalue weighted by Crippen LogP contribution is 2.20. The molecule has 2 aliphatic heterocycles. The fourth-order valence-electron chi connectivity index (χ4n) is 3.98. The molecule has 168 valence electrons. The third-order valence-electron chi connectivity index (χ3n) is 5.75. The molecular formula is C20H25N3O6S2. The zero-order chi connectivity index (χ0) is 22.1. The Morgan fingerprint density at radius 2 is 1.81 bits per heavy atom. The smallest absolute Gasteiger partial charge is 0.253 e. The number of hydrogen-bond acceptors (Lipinski definition) is 7. The van der Waals surface area contributed by atoms with Crippen molar-refractivity contribution in [1.29, 1.82) is 0 Å². The van der Waals surface area contributed by atoms with Gasteiger partial charge in [0.1, 0.15) is 5.76 Å². The van der Waals surface area contributed by atoms with Crippen molar-refractivity contribution in [3.63, 3.8) is 0 Å². The Balaban J connectivity index is 1.33. The zero-order valence-electron chi connectivity index (χ0n) is 16.9. The van der Waals surface area contributed by atoms with E-state index < -0.39 is 19.9 Å². The highest BCUT2D eigenvalue weighted by molar-refractivity contribution is 7.91. The highest BCUT2D eigenvalue weighted by atomic mass is 32.2. The molecule has 9 nitrogen and oxygen atoms in total. The molecule has 2 aliphatic rings. The minimum Gasteiger partial charge on any atom is -0.468 e. The number of nitrogens with zero attached hydrogens (tertiary/aromatic N) is 2. The summed E-state index contributed by atoms with van der Waals surface area (Å²) in [7, 11) is -6.65. The van der Waals surface area contributed by atoms with Gasteiger partial charge in [-0.15, -0.1) is 0 Å². The van der Waals surface area contributed by atoms with E-state index >= 15 is 0 Å². The molecule has 31 heavy (non-hydrogen) atoms. The summed E-state index contributed by atoms with van der Waals surface area (Å²) in [4.78, 5) is 16.7. The van der Waals surface area contributed by atoms with Crippen LogP contribution in [-0.4, -0.2) is 76.3 Å². The second-order valence-corrected chi connectivity index (χ2v) is 11.8. The number of furan rings is 1. The van der Waals surface area contributed by atoms with Crippen molar-refractivity contribution in [2.75, 3.05) is 37.7 Å². The van der Waals surface area contributed by atoms with Crippen LogP contribution in [0.4, 0.5) is 0 Å². The Labute approximate surface area is 182 Å². The van der Waals surface area contributed by atoms with Gasteiger partial charge in [-0.05, 0) is 42.8 Å². The quantitative estimate of drug-likeness (QED) is 0.665. The summed E-state index contributed by atoms with van der Waals surface area (Å²) >= 11 is 0. The standard InChI is InChI=1S/C20H25N3O6S2/c24-20(23-10-8-22(9-11-23)17-7-13-30(25,26)15-17)16-3-5-19(6-4-16)31(27,28)21-14-18-2-1-12-29-18/h1-6,12,17,21H,7-11,13-15H2/t17-/m1/s1. The number of sulfone groups is 1. The first-order valence-electron chi connectivity index (χ1n) is 10.1. The maximum Gasteiger partial charge on any atom is 0.253 e. The third-order valence-corrected chi connectivity index (χ3v) is 8.92. The zero-order valence-corrected chi connectivity index (χ0v) is 18.6. The lowest BCUT2D eigenvalue weighted by Gasteiger charge is -2.37. The lowest BCUT2D eigenvalue weighted by molar-refractivity contribution is 0.0587. The maximum absolute atomic E-state index is 12.8. The molecule has 1 aromatic heterocycles. The molecule has 0 aliphatic carbocycles. The first kappa shape index (κ1) is 22.0. The van der Waals surface area contributed by atoms with Crippen LogP contribution < -0.4 is 4.72 Å². The van der Waals surface area contributed by atoms with Gasteiger partial charge in [0.2, 0.25) is 10.0 Å². The molecule has 1 amide bonds. The molecule has 4 rings (SSSR count). The lowest BCUT2D eigenvalue weighted by Crippen LogP contribution is -2.52. The molecule has 0 unspecified atom stereocenters. The van der Waals surface area contributed by atoms with Crippen LogP contribution in [0.25, 0.3) is 0 Å². The predicted octanol–water partition coefficient (Wildman–Crippen LogP) is 0.703. The number of benzene rings is 1. The van der Waals surface area contributed by atoms with Crippen LogP contribution in [0.3, 0.4) is 0 Å². The molecule has 2 aromatic rings. The minimum absolute atomic E-state index is 0.0421. The Kier molecular flexibility index (Phi) is 6.20. The molecule has 1 N–H and O–H groups in total. The number of carbonyl (C=O) groups is 1. The van der Waals surface area contributed by atoms with Gasteiger partial charge in [-0.2, -0.15) is 0 Å². The van der Waals surface area contributed by atoms with E-state index in [4.69, 9.17) is 4.42 Å². The number of sulfonamides is 1. The Hall–Kier alpha value is -2.21. The van der Waals surface area contributed by atoms with Gasteiger partial charge in [0.25, 0.3) is 5.91 Å². The normalized spacial score (nSPS) is 21.9. The number of nitrogens with one attached hydrogen (secondary N) is 1. The minimum atomic E-state index is -3.72. The first-order valence-corrected chi connectivity index (χ1v) is 13.4. The van der Waals surface area contributed by atoms with Gasteiger partial charge in [-0.25, -0.2) is 21.6 Å². The van der Waals surface area contributed by atoms with E-state index in [1.54, 1.807) is 17.0 Å². The summed E-state index contributed by atoms with van der Waals surface area (Å²) in [5.41, 5.74) is 0.418. The van der Waals surface area contributed by atoms with Gasteiger partial charge in [0, 0.05) is 37.8 Å². The van der Waals surface area contributed by atoms with Crippen LogP contribution in [0.5, 0.6) is 0 Å².